The maximum Gasteiger partial charge on any atom is 0.133 e. The summed E-state index contributed by atoms with van der Waals surface area (Å²) in [6.07, 6.45) is 3.37. The molecule has 2 atom stereocenters. The molecular formula is C13H23NO2. The van der Waals surface area contributed by atoms with E-state index in [9.17, 15) is 5.11 Å². The Bertz CT molecular complexity index is 267. The van der Waals surface area contributed by atoms with E-state index in [0.717, 1.165) is 0 Å². The lowest BCUT2D eigenvalue weighted by molar-refractivity contribution is 0.139. The first-order chi connectivity index (χ1) is 7.69. The summed E-state index contributed by atoms with van der Waals surface area (Å²) in [5.74, 6) is 1.30. The number of aliphatic hydroxyl groups is 1. The summed E-state index contributed by atoms with van der Waals surface area (Å²) in [6, 6.07) is 4.02. The van der Waals surface area contributed by atoms with E-state index in [1.54, 1.807) is 18.4 Å². The molecule has 0 amide bonds. The Hall–Kier alpha value is -0.800. The molecule has 3 heteroatoms. The van der Waals surface area contributed by atoms with E-state index in [4.69, 9.17) is 4.42 Å². The van der Waals surface area contributed by atoms with Crippen LogP contribution < -0.4 is 5.32 Å². The van der Waals surface area contributed by atoms with Gasteiger partial charge in [0.25, 0.3) is 0 Å². The van der Waals surface area contributed by atoms with Crippen molar-refractivity contribution in [2.75, 3.05) is 6.54 Å². The molecule has 0 aliphatic carbocycles. The Morgan fingerprint density at radius 1 is 1.38 bits per heavy atom. The monoisotopic (exact) mass is 225 g/mol. The van der Waals surface area contributed by atoms with Gasteiger partial charge in [-0.15, -0.1) is 0 Å². The third-order valence-electron chi connectivity index (χ3n) is 3.26. The molecule has 1 aromatic heterocycles. The normalized spacial score (nSPS) is 15.3. The highest BCUT2D eigenvalue weighted by molar-refractivity contribution is 5.02. The van der Waals surface area contributed by atoms with Crippen molar-refractivity contribution >= 4 is 0 Å². The number of hydrogen-bond acceptors (Lipinski definition) is 3. The topological polar surface area (TPSA) is 45.4 Å². The zero-order chi connectivity index (χ0) is 12.0. The van der Waals surface area contributed by atoms with E-state index < -0.39 is 6.10 Å². The summed E-state index contributed by atoms with van der Waals surface area (Å²) in [5.41, 5.74) is 0. The zero-order valence-electron chi connectivity index (χ0n) is 10.4. The quantitative estimate of drug-likeness (QED) is 0.750. The van der Waals surface area contributed by atoms with Crippen LogP contribution in [0.2, 0.25) is 0 Å². The second-order valence-electron chi connectivity index (χ2n) is 4.30. The highest BCUT2D eigenvalue weighted by Crippen LogP contribution is 2.15. The first kappa shape index (κ1) is 13.3. The second-order valence-corrected chi connectivity index (χ2v) is 4.30. The van der Waals surface area contributed by atoms with E-state index in [2.05, 4.69) is 26.1 Å². The Kier molecular flexibility index (Phi) is 5.56. The zero-order valence-corrected chi connectivity index (χ0v) is 10.4. The van der Waals surface area contributed by atoms with Crippen LogP contribution in [-0.2, 0) is 0 Å². The highest BCUT2D eigenvalue weighted by atomic mass is 16.4. The number of hydrogen-bond donors (Lipinski definition) is 2. The van der Waals surface area contributed by atoms with Gasteiger partial charge in [0.15, 0.2) is 0 Å². The molecule has 0 spiro atoms. The van der Waals surface area contributed by atoms with Crippen molar-refractivity contribution in [1.82, 2.24) is 5.32 Å². The third-order valence-corrected chi connectivity index (χ3v) is 3.26. The Morgan fingerprint density at radius 3 is 2.56 bits per heavy atom. The fourth-order valence-electron chi connectivity index (χ4n) is 2.04. The Labute approximate surface area is 97.9 Å². The molecule has 16 heavy (non-hydrogen) atoms. The molecule has 2 unspecified atom stereocenters. The van der Waals surface area contributed by atoms with Gasteiger partial charge < -0.3 is 14.8 Å². The fraction of sp³-hybridized carbons (Fsp3) is 0.692. The maximum absolute atomic E-state index is 9.83. The molecule has 0 aliphatic heterocycles. The van der Waals surface area contributed by atoms with Crippen molar-refractivity contribution in [3.05, 3.63) is 24.2 Å². The summed E-state index contributed by atoms with van der Waals surface area (Å²) < 4.78 is 5.15. The summed E-state index contributed by atoms with van der Waals surface area (Å²) >= 11 is 0. The van der Waals surface area contributed by atoms with Gasteiger partial charge in [0, 0.05) is 12.6 Å². The molecule has 1 heterocycles. The minimum absolute atomic E-state index is 0.430. The van der Waals surface area contributed by atoms with Gasteiger partial charge in [0.1, 0.15) is 11.9 Å². The molecule has 0 radical (unpaired) electrons. The Balaban J connectivity index is 2.34. The van der Waals surface area contributed by atoms with Crippen LogP contribution in [0.25, 0.3) is 0 Å². The predicted molar refractivity (Wildman–Crippen MR) is 65.2 cm³/mol. The molecule has 92 valence electrons. The largest absolute Gasteiger partial charge is 0.467 e. The summed E-state index contributed by atoms with van der Waals surface area (Å²) in [6.45, 7) is 7.13. The summed E-state index contributed by atoms with van der Waals surface area (Å²) in [4.78, 5) is 0. The summed E-state index contributed by atoms with van der Waals surface area (Å²) in [5, 5.41) is 13.2. The Morgan fingerprint density at radius 2 is 2.06 bits per heavy atom. The predicted octanol–water partition coefficient (Wildman–Crippen LogP) is 2.73. The van der Waals surface area contributed by atoms with Gasteiger partial charge in [0.2, 0.25) is 0 Å². The van der Waals surface area contributed by atoms with E-state index in [-0.39, 0.29) is 0 Å². The van der Waals surface area contributed by atoms with Crippen LogP contribution in [-0.4, -0.2) is 17.7 Å². The highest BCUT2D eigenvalue weighted by Gasteiger charge is 2.16. The lowest BCUT2D eigenvalue weighted by atomic mass is 9.95. The average Bonchev–Trinajstić information content (AvgIpc) is 2.81. The molecular weight excluding hydrogens is 202 g/mol. The van der Waals surface area contributed by atoms with E-state index in [1.807, 2.05) is 0 Å². The van der Waals surface area contributed by atoms with Crippen LogP contribution in [0.1, 0.15) is 45.5 Å². The molecule has 2 N–H and O–H groups in total. The number of rotatable bonds is 7. The SMILES string of the molecule is CCC(CC)C(C)NCC(O)c1ccco1. The van der Waals surface area contributed by atoms with Crippen LogP contribution in [0.4, 0.5) is 0 Å². The molecule has 0 aliphatic rings. The molecule has 0 saturated heterocycles. The van der Waals surface area contributed by atoms with Crippen molar-refractivity contribution in [1.29, 1.82) is 0 Å². The minimum Gasteiger partial charge on any atom is -0.467 e. The van der Waals surface area contributed by atoms with E-state index >= 15 is 0 Å². The number of nitrogens with one attached hydrogen (secondary N) is 1. The third kappa shape index (κ3) is 3.65. The van der Waals surface area contributed by atoms with Gasteiger partial charge in [0.05, 0.1) is 6.26 Å². The van der Waals surface area contributed by atoms with Gasteiger partial charge in [-0.25, -0.2) is 0 Å². The molecule has 0 fully saturated rings. The number of aliphatic hydroxyl groups excluding tert-OH is 1. The number of furan rings is 1. The first-order valence-electron chi connectivity index (χ1n) is 6.13. The van der Waals surface area contributed by atoms with Crippen molar-refractivity contribution in [2.45, 2.75) is 45.8 Å². The van der Waals surface area contributed by atoms with Crippen molar-refractivity contribution in [3.8, 4) is 0 Å². The van der Waals surface area contributed by atoms with Crippen LogP contribution in [0, 0.1) is 5.92 Å². The molecule has 0 bridgehead atoms. The fourth-order valence-corrected chi connectivity index (χ4v) is 2.04. The van der Waals surface area contributed by atoms with Crippen molar-refractivity contribution in [3.63, 3.8) is 0 Å². The maximum atomic E-state index is 9.83. The van der Waals surface area contributed by atoms with Crippen LogP contribution >= 0.6 is 0 Å². The van der Waals surface area contributed by atoms with Crippen LogP contribution in [0.5, 0.6) is 0 Å². The van der Waals surface area contributed by atoms with Crippen molar-refractivity contribution < 1.29 is 9.52 Å². The average molecular weight is 225 g/mol. The van der Waals surface area contributed by atoms with Gasteiger partial charge in [-0.2, -0.15) is 0 Å². The van der Waals surface area contributed by atoms with Crippen molar-refractivity contribution in [2.24, 2.45) is 5.92 Å². The molecule has 3 nitrogen and oxygen atoms in total. The smallest absolute Gasteiger partial charge is 0.133 e. The van der Waals surface area contributed by atoms with Gasteiger partial charge in [-0.1, -0.05) is 26.7 Å². The lowest BCUT2D eigenvalue weighted by Gasteiger charge is -2.23. The molecule has 1 rings (SSSR count). The molecule has 0 aromatic carbocycles. The standard InChI is InChI=1S/C13H23NO2/c1-4-11(5-2)10(3)14-9-12(15)13-7-6-8-16-13/h6-8,10-12,14-15H,4-5,9H2,1-3H3. The van der Waals surface area contributed by atoms with Crippen LogP contribution in [0.3, 0.4) is 0 Å². The second kappa shape index (κ2) is 6.71. The van der Waals surface area contributed by atoms with E-state index in [1.165, 1.54) is 12.8 Å². The molecule has 0 saturated carbocycles. The lowest BCUT2D eigenvalue weighted by Crippen LogP contribution is -2.35. The minimum atomic E-state index is -0.549. The van der Waals surface area contributed by atoms with Gasteiger partial charge >= 0.3 is 0 Å². The first-order valence-corrected chi connectivity index (χ1v) is 6.13. The van der Waals surface area contributed by atoms with E-state index in [0.29, 0.717) is 24.3 Å². The van der Waals surface area contributed by atoms with Gasteiger partial charge in [-0.05, 0) is 25.0 Å². The van der Waals surface area contributed by atoms with Crippen LogP contribution in [0.15, 0.2) is 22.8 Å². The molecule has 1 aromatic rings. The summed E-state index contributed by atoms with van der Waals surface area (Å²) in [7, 11) is 0. The van der Waals surface area contributed by atoms with Gasteiger partial charge in [-0.3, -0.25) is 0 Å².